The normalized spacial score (nSPS) is 13.7. The summed E-state index contributed by atoms with van der Waals surface area (Å²) in [4.78, 5) is 16.6. The van der Waals surface area contributed by atoms with Gasteiger partial charge >= 0.3 is 6.03 Å². The maximum absolute atomic E-state index is 12.6. The molecular formula is C24H26ClN5O2. The summed E-state index contributed by atoms with van der Waals surface area (Å²) >= 11 is 6.20. The molecule has 7 nitrogen and oxygen atoms in total. The zero-order chi connectivity index (χ0) is 22.5. The van der Waals surface area contributed by atoms with Gasteiger partial charge in [0, 0.05) is 31.7 Å². The second-order valence-corrected chi connectivity index (χ2v) is 8.03. The quantitative estimate of drug-likeness (QED) is 0.600. The van der Waals surface area contributed by atoms with Crippen molar-refractivity contribution in [2.45, 2.75) is 13.8 Å². The van der Waals surface area contributed by atoms with Crippen LogP contribution < -0.4 is 15.0 Å². The van der Waals surface area contributed by atoms with Crippen molar-refractivity contribution in [1.82, 2.24) is 15.1 Å². The first-order valence-electron chi connectivity index (χ1n) is 10.7. The van der Waals surface area contributed by atoms with Crippen molar-refractivity contribution in [1.29, 1.82) is 0 Å². The number of piperazine rings is 1. The number of aromatic nitrogens is 2. The van der Waals surface area contributed by atoms with E-state index in [0.717, 1.165) is 28.4 Å². The molecule has 0 bridgehead atoms. The monoisotopic (exact) mass is 451 g/mol. The predicted molar refractivity (Wildman–Crippen MR) is 128 cm³/mol. The van der Waals surface area contributed by atoms with E-state index in [4.69, 9.17) is 16.3 Å². The highest BCUT2D eigenvalue weighted by Gasteiger charge is 2.22. The van der Waals surface area contributed by atoms with Crippen LogP contribution in [0.5, 0.6) is 5.75 Å². The highest BCUT2D eigenvalue weighted by Crippen LogP contribution is 2.24. The lowest BCUT2D eigenvalue weighted by Gasteiger charge is -2.35. The largest absolute Gasteiger partial charge is 0.494 e. The fourth-order valence-electron chi connectivity index (χ4n) is 3.60. The van der Waals surface area contributed by atoms with Crippen molar-refractivity contribution in [3.05, 3.63) is 65.2 Å². The molecule has 0 spiro atoms. The molecule has 1 aromatic heterocycles. The Balaban J connectivity index is 1.33. The SMILES string of the molecule is CCOc1ccc(-c2ccc(N3CCN(C(=O)Nc4cc(C)ccc4Cl)CC3)nn2)cc1. The van der Waals surface area contributed by atoms with Gasteiger partial charge in [-0.3, -0.25) is 0 Å². The highest BCUT2D eigenvalue weighted by molar-refractivity contribution is 6.33. The Kier molecular flexibility index (Phi) is 6.75. The molecule has 3 aromatic rings. The number of nitrogens with one attached hydrogen (secondary N) is 1. The third-order valence-electron chi connectivity index (χ3n) is 5.37. The summed E-state index contributed by atoms with van der Waals surface area (Å²) in [7, 11) is 0. The van der Waals surface area contributed by atoms with Gasteiger partial charge in [0.15, 0.2) is 5.82 Å². The number of hydrogen-bond donors (Lipinski definition) is 1. The van der Waals surface area contributed by atoms with Gasteiger partial charge in [-0.2, -0.15) is 0 Å². The maximum atomic E-state index is 12.6. The van der Waals surface area contributed by atoms with Gasteiger partial charge in [-0.1, -0.05) is 17.7 Å². The Bertz CT molecular complexity index is 1060. The predicted octanol–water partition coefficient (Wildman–Crippen LogP) is 4.86. The van der Waals surface area contributed by atoms with Crippen LogP contribution in [0.15, 0.2) is 54.6 Å². The summed E-state index contributed by atoms with van der Waals surface area (Å²) in [5, 5.41) is 12.2. The third kappa shape index (κ3) is 5.11. The van der Waals surface area contributed by atoms with Gasteiger partial charge in [0.25, 0.3) is 0 Å². The molecule has 0 aliphatic carbocycles. The Morgan fingerprint density at radius 2 is 1.78 bits per heavy atom. The summed E-state index contributed by atoms with van der Waals surface area (Å²) in [5.41, 5.74) is 3.48. The fraction of sp³-hybridized carbons (Fsp3) is 0.292. The molecule has 1 N–H and O–H groups in total. The van der Waals surface area contributed by atoms with Crippen LogP contribution in [0.4, 0.5) is 16.3 Å². The Morgan fingerprint density at radius 1 is 1.03 bits per heavy atom. The first kappa shape index (κ1) is 21.9. The van der Waals surface area contributed by atoms with Gasteiger partial charge in [0.05, 0.1) is 23.0 Å². The molecule has 2 heterocycles. The van der Waals surface area contributed by atoms with Crippen molar-refractivity contribution >= 4 is 29.1 Å². The third-order valence-corrected chi connectivity index (χ3v) is 5.70. The number of benzene rings is 2. The number of anilines is 2. The van der Waals surface area contributed by atoms with Crippen LogP contribution >= 0.6 is 11.6 Å². The number of carbonyl (C=O) groups excluding carboxylic acids is 1. The van der Waals surface area contributed by atoms with E-state index in [-0.39, 0.29) is 6.03 Å². The second kappa shape index (κ2) is 9.87. The van der Waals surface area contributed by atoms with E-state index in [1.165, 1.54) is 0 Å². The van der Waals surface area contributed by atoms with Crippen LogP contribution in [0.25, 0.3) is 11.3 Å². The first-order valence-corrected chi connectivity index (χ1v) is 11.1. The Morgan fingerprint density at radius 3 is 2.44 bits per heavy atom. The lowest BCUT2D eigenvalue weighted by molar-refractivity contribution is 0.208. The molecule has 32 heavy (non-hydrogen) atoms. The molecular weight excluding hydrogens is 426 g/mol. The fourth-order valence-corrected chi connectivity index (χ4v) is 3.77. The molecule has 1 aliphatic heterocycles. The number of carbonyl (C=O) groups is 1. The topological polar surface area (TPSA) is 70.6 Å². The summed E-state index contributed by atoms with van der Waals surface area (Å²) in [6, 6.07) is 17.2. The average Bonchev–Trinajstić information content (AvgIpc) is 2.82. The molecule has 2 amide bonds. The molecule has 0 radical (unpaired) electrons. The molecule has 0 saturated carbocycles. The zero-order valence-electron chi connectivity index (χ0n) is 18.2. The van der Waals surface area contributed by atoms with Crippen LogP contribution in [-0.4, -0.2) is 53.9 Å². The van der Waals surface area contributed by atoms with Crippen molar-refractivity contribution in [3.63, 3.8) is 0 Å². The summed E-state index contributed by atoms with van der Waals surface area (Å²) < 4.78 is 5.48. The number of ether oxygens (including phenoxy) is 1. The highest BCUT2D eigenvalue weighted by atomic mass is 35.5. The lowest BCUT2D eigenvalue weighted by atomic mass is 10.1. The summed E-state index contributed by atoms with van der Waals surface area (Å²) in [5.74, 6) is 1.65. The van der Waals surface area contributed by atoms with Crippen molar-refractivity contribution in [3.8, 4) is 17.0 Å². The van der Waals surface area contributed by atoms with Gasteiger partial charge in [0.1, 0.15) is 5.75 Å². The van der Waals surface area contributed by atoms with Crippen molar-refractivity contribution in [2.24, 2.45) is 0 Å². The van der Waals surface area contributed by atoms with E-state index in [1.54, 1.807) is 11.0 Å². The molecule has 8 heteroatoms. The van der Waals surface area contributed by atoms with E-state index in [2.05, 4.69) is 20.4 Å². The molecule has 1 saturated heterocycles. The number of nitrogens with zero attached hydrogens (tertiary/aromatic N) is 4. The van der Waals surface area contributed by atoms with Crippen LogP contribution in [0.1, 0.15) is 12.5 Å². The molecule has 4 rings (SSSR count). The average molecular weight is 452 g/mol. The Hall–Kier alpha value is -3.32. The van der Waals surface area contributed by atoms with Gasteiger partial charge in [-0.05, 0) is 67.9 Å². The lowest BCUT2D eigenvalue weighted by Crippen LogP contribution is -2.50. The number of rotatable bonds is 5. The van der Waals surface area contributed by atoms with E-state index in [1.807, 2.05) is 62.4 Å². The van der Waals surface area contributed by atoms with E-state index >= 15 is 0 Å². The molecule has 1 aliphatic rings. The van der Waals surface area contributed by atoms with E-state index in [9.17, 15) is 4.79 Å². The van der Waals surface area contributed by atoms with Gasteiger partial charge in [0.2, 0.25) is 0 Å². The minimum absolute atomic E-state index is 0.144. The number of urea groups is 1. The smallest absolute Gasteiger partial charge is 0.322 e. The number of halogens is 1. The second-order valence-electron chi connectivity index (χ2n) is 7.62. The molecule has 1 fully saturated rings. The minimum atomic E-state index is -0.144. The number of hydrogen-bond acceptors (Lipinski definition) is 5. The Labute approximate surface area is 193 Å². The van der Waals surface area contributed by atoms with Gasteiger partial charge < -0.3 is 19.9 Å². The van der Waals surface area contributed by atoms with Crippen molar-refractivity contribution in [2.75, 3.05) is 43.0 Å². The van der Waals surface area contributed by atoms with Crippen LogP contribution in [0.3, 0.4) is 0 Å². The van der Waals surface area contributed by atoms with Crippen LogP contribution in [-0.2, 0) is 0 Å². The molecule has 166 valence electrons. The summed E-state index contributed by atoms with van der Waals surface area (Å²) in [6.07, 6.45) is 0. The molecule has 2 aromatic carbocycles. The number of aryl methyl sites for hydroxylation is 1. The summed E-state index contributed by atoms with van der Waals surface area (Å²) in [6.45, 7) is 7.13. The van der Waals surface area contributed by atoms with Crippen LogP contribution in [0, 0.1) is 6.92 Å². The van der Waals surface area contributed by atoms with Gasteiger partial charge in [-0.15, -0.1) is 10.2 Å². The maximum Gasteiger partial charge on any atom is 0.322 e. The van der Waals surface area contributed by atoms with Gasteiger partial charge in [-0.25, -0.2) is 4.79 Å². The standard InChI is InChI=1S/C24H26ClN5O2/c1-3-32-19-7-5-18(6-8-19)21-10-11-23(28-27-21)29-12-14-30(15-13-29)24(31)26-22-16-17(2)4-9-20(22)25/h4-11,16H,3,12-15H2,1-2H3,(H,26,31). The first-order chi connectivity index (χ1) is 15.5. The molecule has 0 atom stereocenters. The van der Waals surface area contributed by atoms with E-state index < -0.39 is 0 Å². The zero-order valence-corrected chi connectivity index (χ0v) is 19.0. The van der Waals surface area contributed by atoms with Crippen molar-refractivity contribution < 1.29 is 9.53 Å². The number of amides is 2. The minimum Gasteiger partial charge on any atom is -0.494 e. The van der Waals surface area contributed by atoms with E-state index in [0.29, 0.717) is 43.5 Å². The molecule has 0 unspecified atom stereocenters. The van der Waals surface area contributed by atoms with Crippen LogP contribution in [0.2, 0.25) is 5.02 Å².